The number of benzene rings is 1. The van der Waals surface area contributed by atoms with Crippen molar-refractivity contribution >= 4 is 39.2 Å². The minimum atomic E-state index is -0.00927. The molecule has 0 aliphatic heterocycles. The standard InChI is InChI=1S/C24H29N3O2S2/c1-16(11-12-17-7-3-2-4-8-17)25-21(28)13-14-30-15-20-26-23(29)22-18-9-5-6-10-19(18)31-24(22)27-20/h2-4,7-8,16H,5-6,9-15H2,1H3,(H,25,28)(H,26,27,29). The second kappa shape index (κ2) is 10.5. The van der Waals surface area contributed by atoms with Crippen molar-refractivity contribution in [3.05, 3.63) is 62.5 Å². The predicted octanol–water partition coefficient (Wildman–Crippen LogP) is 4.62. The molecular formula is C24H29N3O2S2. The second-order valence-electron chi connectivity index (χ2n) is 8.20. The van der Waals surface area contributed by atoms with E-state index in [1.807, 2.05) is 18.2 Å². The summed E-state index contributed by atoms with van der Waals surface area (Å²) in [5.74, 6) is 2.11. The van der Waals surface area contributed by atoms with Gasteiger partial charge in [0.25, 0.3) is 5.56 Å². The molecule has 1 amide bonds. The van der Waals surface area contributed by atoms with E-state index in [9.17, 15) is 9.59 Å². The number of nitrogens with one attached hydrogen (secondary N) is 2. The van der Waals surface area contributed by atoms with Crippen molar-refractivity contribution in [2.24, 2.45) is 0 Å². The van der Waals surface area contributed by atoms with Crippen LogP contribution in [0.15, 0.2) is 35.1 Å². The van der Waals surface area contributed by atoms with E-state index in [1.54, 1.807) is 23.1 Å². The van der Waals surface area contributed by atoms with E-state index in [0.717, 1.165) is 42.3 Å². The molecule has 0 spiro atoms. The summed E-state index contributed by atoms with van der Waals surface area (Å²) in [7, 11) is 0. The summed E-state index contributed by atoms with van der Waals surface area (Å²) < 4.78 is 0. The molecule has 2 aromatic heterocycles. The average Bonchev–Trinajstić information content (AvgIpc) is 3.15. The van der Waals surface area contributed by atoms with Gasteiger partial charge in [0.2, 0.25) is 5.91 Å². The van der Waals surface area contributed by atoms with Crippen LogP contribution in [-0.2, 0) is 29.8 Å². The first-order valence-electron chi connectivity index (χ1n) is 11.0. The number of hydrogen-bond acceptors (Lipinski definition) is 5. The number of rotatable bonds is 9. The van der Waals surface area contributed by atoms with Gasteiger partial charge >= 0.3 is 0 Å². The molecule has 5 nitrogen and oxygen atoms in total. The molecule has 2 heterocycles. The van der Waals surface area contributed by atoms with E-state index in [4.69, 9.17) is 4.98 Å². The van der Waals surface area contributed by atoms with Crippen LogP contribution in [0.25, 0.3) is 10.2 Å². The molecule has 1 aliphatic carbocycles. The summed E-state index contributed by atoms with van der Waals surface area (Å²) in [5.41, 5.74) is 2.51. The molecule has 1 atom stereocenters. The first-order chi connectivity index (χ1) is 15.1. The van der Waals surface area contributed by atoms with Crippen molar-refractivity contribution in [2.45, 2.75) is 63.7 Å². The van der Waals surface area contributed by atoms with E-state index >= 15 is 0 Å². The molecule has 0 saturated heterocycles. The van der Waals surface area contributed by atoms with Crippen LogP contribution < -0.4 is 10.9 Å². The highest BCUT2D eigenvalue weighted by atomic mass is 32.2. The van der Waals surface area contributed by atoms with Crippen molar-refractivity contribution in [3.8, 4) is 0 Å². The van der Waals surface area contributed by atoms with Gasteiger partial charge in [0.15, 0.2) is 0 Å². The number of fused-ring (bicyclic) bond motifs is 3. The fraction of sp³-hybridized carbons (Fsp3) is 0.458. The molecule has 0 fully saturated rings. The SMILES string of the molecule is CC(CCc1ccccc1)NC(=O)CCSCc1nc2sc3c(c2c(=O)[nH]1)CCCC3. The molecule has 0 radical (unpaired) electrons. The van der Waals surface area contributed by atoms with Crippen LogP contribution in [0.2, 0.25) is 0 Å². The lowest BCUT2D eigenvalue weighted by atomic mass is 9.97. The van der Waals surface area contributed by atoms with Gasteiger partial charge < -0.3 is 10.3 Å². The number of hydrogen-bond donors (Lipinski definition) is 2. The third kappa shape index (κ3) is 5.77. The molecule has 164 valence electrons. The van der Waals surface area contributed by atoms with Crippen LogP contribution in [0.4, 0.5) is 0 Å². The normalized spacial score (nSPS) is 14.4. The first kappa shape index (κ1) is 22.1. The van der Waals surface area contributed by atoms with Gasteiger partial charge in [-0.1, -0.05) is 30.3 Å². The van der Waals surface area contributed by atoms with Crippen LogP contribution in [-0.4, -0.2) is 27.7 Å². The highest BCUT2D eigenvalue weighted by Gasteiger charge is 2.19. The number of carbonyl (C=O) groups excluding carboxylic acids is 1. The molecule has 3 aromatic rings. The second-order valence-corrected chi connectivity index (χ2v) is 10.4. The number of thiophene rings is 1. The summed E-state index contributed by atoms with van der Waals surface area (Å²) in [4.78, 5) is 34.7. The Labute approximate surface area is 191 Å². The third-order valence-corrected chi connectivity index (χ3v) is 7.86. The molecule has 1 unspecified atom stereocenters. The van der Waals surface area contributed by atoms with Crippen LogP contribution >= 0.6 is 23.1 Å². The van der Waals surface area contributed by atoms with Gasteiger partial charge in [-0.2, -0.15) is 11.8 Å². The van der Waals surface area contributed by atoms with E-state index in [2.05, 4.69) is 29.4 Å². The number of aromatic nitrogens is 2. The molecule has 0 bridgehead atoms. The number of aryl methyl sites for hydroxylation is 3. The zero-order chi connectivity index (χ0) is 21.6. The molecule has 7 heteroatoms. The Morgan fingerprint density at radius 1 is 1.26 bits per heavy atom. The number of carbonyl (C=O) groups is 1. The number of thioether (sulfide) groups is 1. The van der Waals surface area contributed by atoms with Crippen molar-refractivity contribution in [1.29, 1.82) is 0 Å². The van der Waals surface area contributed by atoms with Crippen molar-refractivity contribution in [1.82, 2.24) is 15.3 Å². The van der Waals surface area contributed by atoms with Gasteiger partial charge in [-0.3, -0.25) is 9.59 Å². The third-order valence-electron chi connectivity index (χ3n) is 5.70. The maximum Gasteiger partial charge on any atom is 0.259 e. The van der Waals surface area contributed by atoms with Crippen molar-refractivity contribution in [3.63, 3.8) is 0 Å². The van der Waals surface area contributed by atoms with Gasteiger partial charge in [0, 0.05) is 23.1 Å². The summed E-state index contributed by atoms with van der Waals surface area (Å²) in [6.07, 6.45) is 6.78. The Kier molecular flexibility index (Phi) is 7.45. The minimum Gasteiger partial charge on any atom is -0.354 e. The molecule has 2 N–H and O–H groups in total. The Morgan fingerprint density at radius 3 is 2.90 bits per heavy atom. The monoisotopic (exact) mass is 455 g/mol. The highest BCUT2D eigenvalue weighted by molar-refractivity contribution is 7.98. The lowest BCUT2D eigenvalue weighted by Crippen LogP contribution is -2.33. The number of aromatic amines is 1. The summed E-state index contributed by atoms with van der Waals surface area (Å²) in [6, 6.07) is 10.5. The van der Waals surface area contributed by atoms with Crippen LogP contribution in [0, 0.1) is 0 Å². The van der Waals surface area contributed by atoms with E-state index in [0.29, 0.717) is 23.8 Å². The topological polar surface area (TPSA) is 74.8 Å². The maximum absolute atomic E-state index is 12.6. The minimum absolute atomic E-state index is 0.00927. The largest absolute Gasteiger partial charge is 0.354 e. The van der Waals surface area contributed by atoms with Crippen LogP contribution in [0.5, 0.6) is 0 Å². The Morgan fingerprint density at radius 2 is 2.06 bits per heavy atom. The zero-order valence-electron chi connectivity index (χ0n) is 17.9. The quantitative estimate of drug-likeness (QED) is 0.462. The summed E-state index contributed by atoms with van der Waals surface area (Å²) in [6.45, 7) is 2.05. The fourth-order valence-corrected chi connectivity index (χ4v) is 6.14. The number of H-pyrrole nitrogens is 1. The van der Waals surface area contributed by atoms with Gasteiger partial charge in [0.1, 0.15) is 10.7 Å². The number of amides is 1. The molecule has 4 rings (SSSR count). The molecule has 1 aromatic carbocycles. The van der Waals surface area contributed by atoms with E-state index < -0.39 is 0 Å². The van der Waals surface area contributed by atoms with Gasteiger partial charge in [-0.25, -0.2) is 4.98 Å². The number of nitrogens with zero attached hydrogens (tertiary/aromatic N) is 1. The molecule has 31 heavy (non-hydrogen) atoms. The Bertz CT molecular complexity index is 1090. The fourth-order valence-electron chi connectivity index (χ4n) is 4.06. The lowest BCUT2D eigenvalue weighted by molar-refractivity contribution is -0.121. The van der Waals surface area contributed by atoms with E-state index in [-0.39, 0.29) is 17.5 Å². The smallest absolute Gasteiger partial charge is 0.259 e. The average molecular weight is 456 g/mol. The zero-order valence-corrected chi connectivity index (χ0v) is 19.5. The summed E-state index contributed by atoms with van der Waals surface area (Å²) in [5, 5.41) is 3.89. The highest BCUT2D eigenvalue weighted by Crippen LogP contribution is 2.33. The summed E-state index contributed by atoms with van der Waals surface area (Å²) >= 11 is 3.31. The molecular weight excluding hydrogens is 426 g/mol. The van der Waals surface area contributed by atoms with Gasteiger partial charge in [-0.15, -0.1) is 11.3 Å². The first-order valence-corrected chi connectivity index (χ1v) is 13.0. The van der Waals surface area contributed by atoms with Crippen LogP contribution in [0.3, 0.4) is 0 Å². The maximum atomic E-state index is 12.6. The lowest BCUT2D eigenvalue weighted by Gasteiger charge is -2.13. The van der Waals surface area contributed by atoms with Crippen molar-refractivity contribution in [2.75, 3.05) is 5.75 Å². The van der Waals surface area contributed by atoms with E-state index in [1.165, 1.54) is 22.4 Å². The molecule has 0 saturated carbocycles. The van der Waals surface area contributed by atoms with Gasteiger partial charge in [-0.05, 0) is 56.6 Å². The van der Waals surface area contributed by atoms with Gasteiger partial charge in [0.05, 0.1) is 11.1 Å². The Balaban J connectivity index is 1.22. The van der Waals surface area contributed by atoms with Crippen LogP contribution in [0.1, 0.15) is 54.4 Å². The predicted molar refractivity (Wildman–Crippen MR) is 130 cm³/mol. The van der Waals surface area contributed by atoms with Crippen molar-refractivity contribution < 1.29 is 4.79 Å². The Hall–Kier alpha value is -2.12. The molecule has 1 aliphatic rings.